The minimum atomic E-state index is -0.322. The summed E-state index contributed by atoms with van der Waals surface area (Å²) in [5, 5.41) is 9.84. The molecule has 0 spiro atoms. The Labute approximate surface area is 90.6 Å². The molecule has 0 saturated heterocycles. The maximum atomic E-state index is 11.3. The molecule has 4 N–H and O–H groups in total. The molecule has 0 bridgehead atoms. The Morgan fingerprint density at radius 2 is 2.13 bits per heavy atom. The lowest BCUT2D eigenvalue weighted by molar-refractivity contribution is -0.127. The number of hydrogen-bond acceptors (Lipinski definition) is 4. The van der Waals surface area contributed by atoms with Gasteiger partial charge in [-0.05, 0) is 26.8 Å². The standard InChI is InChI=1S/C10H21N3O2/c1-7(10(15)12-11)13(2)8-5-3-4-6-9(8)14/h7-9,14H,3-6,11H2,1-2H3,(H,12,15). The molecule has 88 valence electrons. The highest BCUT2D eigenvalue weighted by atomic mass is 16.3. The van der Waals surface area contributed by atoms with Gasteiger partial charge in [0.05, 0.1) is 12.1 Å². The molecule has 1 aliphatic rings. The third kappa shape index (κ3) is 2.90. The van der Waals surface area contributed by atoms with Crippen molar-refractivity contribution in [1.82, 2.24) is 10.3 Å². The molecule has 15 heavy (non-hydrogen) atoms. The fourth-order valence-corrected chi connectivity index (χ4v) is 2.16. The van der Waals surface area contributed by atoms with Crippen LogP contribution in [0.25, 0.3) is 0 Å². The lowest BCUT2D eigenvalue weighted by atomic mass is 9.91. The van der Waals surface area contributed by atoms with E-state index in [0.717, 1.165) is 25.7 Å². The number of hydrazine groups is 1. The van der Waals surface area contributed by atoms with Gasteiger partial charge in [-0.1, -0.05) is 12.8 Å². The van der Waals surface area contributed by atoms with E-state index in [1.807, 2.05) is 11.9 Å². The van der Waals surface area contributed by atoms with E-state index in [0.29, 0.717) is 0 Å². The van der Waals surface area contributed by atoms with E-state index in [1.165, 1.54) is 0 Å². The van der Waals surface area contributed by atoms with Crippen LogP contribution in [-0.4, -0.2) is 41.1 Å². The number of nitrogens with two attached hydrogens (primary N) is 1. The van der Waals surface area contributed by atoms with E-state index < -0.39 is 0 Å². The summed E-state index contributed by atoms with van der Waals surface area (Å²) in [6, 6.07) is -0.223. The van der Waals surface area contributed by atoms with E-state index in [1.54, 1.807) is 6.92 Å². The normalized spacial score (nSPS) is 28.9. The van der Waals surface area contributed by atoms with Crippen LogP contribution in [0.15, 0.2) is 0 Å². The number of amides is 1. The summed E-state index contributed by atoms with van der Waals surface area (Å²) in [6.45, 7) is 1.80. The topological polar surface area (TPSA) is 78.6 Å². The predicted octanol–water partition coefficient (Wildman–Crippen LogP) is -0.400. The van der Waals surface area contributed by atoms with Crippen LogP contribution in [0.2, 0.25) is 0 Å². The number of rotatable bonds is 3. The van der Waals surface area contributed by atoms with Gasteiger partial charge in [0, 0.05) is 6.04 Å². The minimum Gasteiger partial charge on any atom is -0.391 e. The Balaban J connectivity index is 2.57. The van der Waals surface area contributed by atoms with Crippen LogP contribution in [-0.2, 0) is 4.79 Å². The number of nitrogens with zero attached hydrogens (tertiary/aromatic N) is 1. The molecule has 1 aliphatic carbocycles. The number of aliphatic hydroxyl groups is 1. The van der Waals surface area contributed by atoms with Crippen molar-refractivity contribution in [3.63, 3.8) is 0 Å². The first-order chi connectivity index (χ1) is 7.07. The molecule has 1 rings (SSSR count). The zero-order valence-electron chi connectivity index (χ0n) is 9.44. The summed E-state index contributed by atoms with van der Waals surface area (Å²) in [5.74, 6) is 4.87. The number of likely N-dealkylation sites (N-methyl/N-ethyl adjacent to an activating group) is 1. The van der Waals surface area contributed by atoms with Crippen molar-refractivity contribution in [3.05, 3.63) is 0 Å². The molecule has 0 radical (unpaired) electrons. The van der Waals surface area contributed by atoms with Crippen molar-refractivity contribution in [2.75, 3.05) is 7.05 Å². The molecule has 5 nitrogen and oxygen atoms in total. The number of nitrogens with one attached hydrogen (secondary N) is 1. The summed E-state index contributed by atoms with van der Waals surface area (Å²) in [5.41, 5.74) is 2.14. The summed E-state index contributed by atoms with van der Waals surface area (Å²) < 4.78 is 0. The molecule has 3 unspecified atom stereocenters. The van der Waals surface area contributed by atoms with Gasteiger partial charge in [0.25, 0.3) is 5.91 Å². The summed E-state index contributed by atoms with van der Waals surface area (Å²) >= 11 is 0. The zero-order valence-corrected chi connectivity index (χ0v) is 9.44. The zero-order chi connectivity index (χ0) is 11.4. The van der Waals surface area contributed by atoms with Crippen molar-refractivity contribution in [3.8, 4) is 0 Å². The van der Waals surface area contributed by atoms with Gasteiger partial charge in [-0.3, -0.25) is 15.1 Å². The monoisotopic (exact) mass is 215 g/mol. The molecular formula is C10H21N3O2. The molecule has 1 saturated carbocycles. The molecule has 0 aromatic rings. The highest BCUT2D eigenvalue weighted by molar-refractivity contribution is 5.80. The maximum Gasteiger partial charge on any atom is 0.250 e. The molecule has 0 aromatic carbocycles. The number of hydrogen-bond donors (Lipinski definition) is 3. The molecule has 0 aromatic heterocycles. The van der Waals surface area contributed by atoms with Gasteiger partial charge in [0.15, 0.2) is 0 Å². The van der Waals surface area contributed by atoms with Gasteiger partial charge in [-0.2, -0.15) is 0 Å². The number of aliphatic hydroxyl groups excluding tert-OH is 1. The van der Waals surface area contributed by atoms with Crippen LogP contribution in [0, 0.1) is 0 Å². The summed E-state index contributed by atoms with van der Waals surface area (Å²) in [7, 11) is 1.86. The van der Waals surface area contributed by atoms with Crippen LogP contribution < -0.4 is 11.3 Å². The van der Waals surface area contributed by atoms with Gasteiger partial charge in [0.1, 0.15) is 0 Å². The van der Waals surface area contributed by atoms with Crippen molar-refractivity contribution in [2.45, 2.75) is 50.8 Å². The lowest BCUT2D eigenvalue weighted by Gasteiger charge is -2.37. The van der Waals surface area contributed by atoms with E-state index in [-0.39, 0.29) is 24.1 Å². The van der Waals surface area contributed by atoms with Crippen molar-refractivity contribution < 1.29 is 9.90 Å². The Morgan fingerprint density at radius 1 is 1.53 bits per heavy atom. The second-order valence-electron chi connectivity index (χ2n) is 4.27. The lowest BCUT2D eigenvalue weighted by Crippen LogP contribution is -2.53. The van der Waals surface area contributed by atoms with E-state index >= 15 is 0 Å². The van der Waals surface area contributed by atoms with Crippen LogP contribution in [0.4, 0.5) is 0 Å². The molecular weight excluding hydrogens is 194 g/mol. The van der Waals surface area contributed by atoms with Gasteiger partial charge in [-0.25, -0.2) is 5.84 Å². The third-order valence-electron chi connectivity index (χ3n) is 3.35. The first-order valence-electron chi connectivity index (χ1n) is 5.48. The fourth-order valence-electron chi connectivity index (χ4n) is 2.16. The molecule has 5 heteroatoms. The first-order valence-corrected chi connectivity index (χ1v) is 5.48. The fraction of sp³-hybridized carbons (Fsp3) is 0.900. The van der Waals surface area contributed by atoms with Crippen LogP contribution in [0.3, 0.4) is 0 Å². The maximum absolute atomic E-state index is 11.3. The van der Waals surface area contributed by atoms with Crippen molar-refractivity contribution >= 4 is 5.91 Å². The SMILES string of the molecule is CC(C(=O)NN)N(C)C1CCCCC1O. The smallest absolute Gasteiger partial charge is 0.250 e. The van der Waals surface area contributed by atoms with Crippen LogP contribution in [0.1, 0.15) is 32.6 Å². The Morgan fingerprint density at radius 3 is 2.67 bits per heavy atom. The molecule has 0 heterocycles. The quantitative estimate of drug-likeness (QED) is 0.340. The average Bonchev–Trinajstić information content (AvgIpc) is 2.26. The largest absolute Gasteiger partial charge is 0.391 e. The predicted molar refractivity (Wildman–Crippen MR) is 57.8 cm³/mol. The van der Waals surface area contributed by atoms with Gasteiger partial charge in [0.2, 0.25) is 0 Å². The van der Waals surface area contributed by atoms with E-state index in [4.69, 9.17) is 5.84 Å². The highest BCUT2D eigenvalue weighted by Crippen LogP contribution is 2.23. The molecule has 0 aliphatic heterocycles. The van der Waals surface area contributed by atoms with Gasteiger partial charge < -0.3 is 5.11 Å². The van der Waals surface area contributed by atoms with E-state index in [2.05, 4.69) is 5.43 Å². The summed E-state index contributed by atoms with van der Waals surface area (Å²) in [4.78, 5) is 13.3. The summed E-state index contributed by atoms with van der Waals surface area (Å²) in [6.07, 6.45) is 3.63. The minimum absolute atomic E-state index is 0.0750. The Hall–Kier alpha value is -0.650. The molecule has 1 amide bonds. The van der Waals surface area contributed by atoms with Crippen LogP contribution in [0.5, 0.6) is 0 Å². The Kier molecular flexibility index (Phi) is 4.50. The first kappa shape index (κ1) is 12.4. The second-order valence-corrected chi connectivity index (χ2v) is 4.27. The Bertz CT molecular complexity index is 223. The van der Waals surface area contributed by atoms with Crippen molar-refractivity contribution in [2.24, 2.45) is 5.84 Å². The average molecular weight is 215 g/mol. The molecule has 1 fully saturated rings. The number of carbonyl (C=O) groups excluding carboxylic acids is 1. The highest BCUT2D eigenvalue weighted by Gasteiger charge is 2.31. The van der Waals surface area contributed by atoms with E-state index in [9.17, 15) is 9.90 Å². The number of carbonyl (C=O) groups is 1. The van der Waals surface area contributed by atoms with Gasteiger partial charge in [-0.15, -0.1) is 0 Å². The molecule has 3 atom stereocenters. The van der Waals surface area contributed by atoms with Crippen molar-refractivity contribution in [1.29, 1.82) is 0 Å². The van der Waals surface area contributed by atoms with Crippen LogP contribution >= 0.6 is 0 Å². The second kappa shape index (κ2) is 5.44. The third-order valence-corrected chi connectivity index (χ3v) is 3.35. The van der Waals surface area contributed by atoms with Gasteiger partial charge >= 0.3 is 0 Å².